The molecule has 0 atom stereocenters. The van der Waals surface area contributed by atoms with Crippen LogP contribution in [0, 0.1) is 5.92 Å². The number of nitrogens with two attached hydrogens (primary N) is 1. The molecular weight excluding hydrogens is 257 g/mol. The van der Waals surface area contributed by atoms with E-state index in [9.17, 15) is 18.0 Å². The van der Waals surface area contributed by atoms with Gasteiger partial charge in [0.2, 0.25) is 5.91 Å². The number of alkyl halides is 3. The predicted molar refractivity (Wildman–Crippen MR) is 67.5 cm³/mol. The highest BCUT2D eigenvalue weighted by atomic mass is 19.4. The average Bonchev–Trinajstić information content (AvgIpc) is 2.33. The van der Waals surface area contributed by atoms with Gasteiger partial charge in [0.05, 0.1) is 0 Å². The molecule has 1 aliphatic rings. The molecule has 3 nitrogen and oxygen atoms in total. The van der Waals surface area contributed by atoms with Gasteiger partial charge in [-0.2, -0.15) is 13.2 Å². The van der Waals surface area contributed by atoms with Crippen molar-refractivity contribution in [1.82, 2.24) is 5.32 Å². The highest BCUT2D eigenvalue weighted by Crippen LogP contribution is 2.26. The Morgan fingerprint density at radius 3 is 2.42 bits per heavy atom. The highest BCUT2D eigenvalue weighted by Gasteiger charge is 2.26. The Morgan fingerprint density at radius 2 is 1.84 bits per heavy atom. The zero-order chi connectivity index (χ0) is 14.3. The third kappa shape index (κ3) is 8.08. The minimum atomic E-state index is -4.13. The van der Waals surface area contributed by atoms with E-state index < -0.39 is 12.6 Å². The van der Waals surface area contributed by atoms with Gasteiger partial charge in [0, 0.05) is 25.4 Å². The van der Waals surface area contributed by atoms with Gasteiger partial charge in [0.25, 0.3) is 0 Å². The standard InChI is InChI=1S/C13H23F3N2O/c14-13(15,16)8-1-9-18-12(19)7-4-10-2-5-11(17)6-3-10/h10-11H,1-9,17H2,(H,18,19). The monoisotopic (exact) mass is 280 g/mol. The molecule has 1 fully saturated rings. The second-order valence-corrected chi connectivity index (χ2v) is 5.39. The van der Waals surface area contributed by atoms with Crippen molar-refractivity contribution in [2.75, 3.05) is 6.54 Å². The molecule has 0 heterocycles. The molecule has 0 spiro atoms. The van der Waals surface area contributed by atoms with Crippen LogP contribution in [0.5, 0.6) is 0 Å². The fourth-order valence-corrected chi connectivity index (χ4v) is 2.42. The molecule has 112 valence electrons. The topological polar surface area (TPSA) is 55.1 Å². The van der Waals surface area contributed by atoms with E-state index in [0.717, 1.165) is 32.1 Å². The van der Waals surface area contributed by atoms with Gasteiger partial charge >= 0.3 is 6.18 Å². The van der Waals surface area contributed by atoms with Crippen molar-refractivity contribution in [2.24, 2.45) is 11.7 Å². The van der Waals surface area contributed by atoms with Crippen molar-refractivity contribution in [2.45, 2.75) is 63.6 Å². The van der Waals surface area contributed by atoms with Gasteiger partial charge in [0.1, 0.15) is 0 Å². The Hall–Kier alpha value is -0.780. The smallest absolute Gasteiger partial charge is 0.356 e. The maximum Gasteiger partial charge on any atom is 0.389 e. The van der Waals surface area contributed by atoms with Crippen molar-refractivity contribution < 1.29 is 18.0 Å². The van der Waals surface area contributed by atoms with E-state index in [4.69, 9.17) is 5.73 Å². The van der Waals surface area contributed by atoms with E-state index in [1.165, 1.54) is 0 Å². The SMILES string of the molecule is NC1CCC(CCC(=O)NCCCC(F)(F)F)CC1. The molecule has 0 radical (unpaired) electrons. The lowest BCUT2D eigenvalue weighted by atomic mass is 9.84. The fourth-order valence-electron chi connectivity index (χ4n) is 2.42. The third-order valence-corrected chi connectivity index (χ3v) is 3.63. The molecule has 0 aromatic heterocycles. The van der Waals surface area contributed by atoms with E-state index in [2.05, 4.69) is 5.32 Å². The highest BCUT2D eigenvalue weighted by molar-refractivity contribution is 5.75. The Balaban J connectivity index is 2.02. The average molecular weight is 280 g/mol. The van der Waals surface area contributed by atoms with Crippen molar-refractivity contribution in [1.29, 1.82) is 0 Å². The minimum absolute atomic E-state index is 0.0481. The second-order valence-electron chi connectivity index (χ2n) is 5.39. The van der Waals surface area contributed by atoms with E-state index in [0.29, 0.717) is 18.4 Å². The van der Waals surface area contributed by atoms with Crippen LogP contribution in [0.15, 0.2) is 0 Å². The first kappa shape index (κ1) is 16.3. The number of rotatable bonds is 6. The van der Waals surface area contributed by atoms with Gasteiger partial charge in [-0.15, -0.1) is 0 Å². The molecule has 0 aromatic rings. The molecule has 0 unspecified atom stereocenters. The first-order valence-corrected chi connectivity index (χ1v) is 6.96. The van der Waals surface area contributed by atoms with Crippen LogP contribution >= 0.6 is 0 Å². The minimum Gasteiger partial charge on any atom is -0.356 e. The van der Waals surface area contributed by atoms with Crippen LogP contribution in [0.3, 0.4) is 0 Å². The summed E-state index contributed by atoms with van der Waals surface area (Å²) in [6, 6.07) is 0.299. The Morgan fingerprint density at radius 1 is 1.21 bits per heavy atom. The van der Waals surface area contributed by atoms with Crippen molar-refractivity contribution in [3.05, 3.63) is 0 Å². The summed E-state index contributed by atoms with van der Waals surface area (Å²) in [7, 11) is 0. The predicted octanol–water partition coefficient (Wildman–Crippen LogP) is 2.74. The lowest BCUT2D eigenvalue weighted by Gasteiger charge is -2.25. The van der Waals surface area contributed by atoms with E-state index in [-0.39, 0.29) is 18.9 Å². The maximum atomic E-state index is 11.9. The van der Waals surface area contributed by atoms with Crippen molar-refractivity contribution in [3.63, 3.8) is 0 Å². The van der Waals surface area contributed by atoms with Crippen LogP contribution in [-0.4, -0.2) is 24.7 Å². The third-order valence-electron chi connectivity index (χ3n) is 3.63. The second kappa shape index (κ2) is 7.72. The molecule has 1 aliphatic carbocycles. The lowest BCUT2D eigenvalue weighted by molar-refractivity contribution is -0.136. The van der Waals surface area contributed by atoms with Gasteiger partial charge in [-0.3, -0.25) is 4.79 Å². The molecular formula is C13H23F3N2O. The summed E-state index contributed by atoms with van der Waals surface area (Å²) in [4.78, 5) is 11.5. The van der Waals surface area contributed by atoms with Crippen LogP contribution < -0.4 is 11.1 Å². The molecule has 6 heteroatoms. The van der Waals surface area contributed by atoms with Crippen molar-refractivity contribution >= 4 is 5.91 Å². The number of nitrogens with one attached hydrogen (secondary N) is 1. The number of amides is 1. The largest absolute Gasteiger partial charge is 0.389 e. The molecule has 19 heavy (non-hydrogen) atoms. The molecule has 0 bridgehead atoms. The summed E-state index contributed by atoms with van der Waals surface area (Å²) in [5.74, 6) is 0.401. The van der Waals surface area contributed by atoms with Crippen LogP contribution in [0.2, 0.25) is 0 Å². The summed E-state index contributed by atoms with van der Waals surface area (Å²) in [6.07, 6.45) is 0.345. The van der Waals surface area contributed by atoms with Crippen LogP contribution in [-0.2, 0) is 4.79 Å². The maximum absolute atomic E-state index is 11.9. The molecule has 0 aliphatic heterocycles. The Labute approximate surface area is 112 Å². The zero-order valence-corrected chi connectivity index (χ0v) is 11.1. The van der Waals surface area contributed by atoms with E-state index in [1.54, 1.807) is 0 Å². The first-order valence-electron chi connectivity index (χ1n) is 6.96. The van der Waals surface area contributed by atoms with Crippen molar-refractivity contribution in [3.8, 4) is 0 Å². The van der Waals surface area contributed by atoms with Crippen LogP contribution in [0.25, 0.3) is 0 Å². The summed E-state index contributed by atoms with van der Waals surface area (Å²) >= 11 is 0. The van der Waals surface area contributed by atoms with E-state index >= 15 is 0 Å². The quantitative estimate of drug-likeness (QED) is 0.735. The zero-order valence-electron chi connectivity index (χ0n) is 11.1. The summed E-state index contributed by atoms with van der Waals surface area (Å²) in [6.45, 7) is 0.105. The number of carbonyl (C=O) groups excluding carboxylic acids is 1. The van der Waals surface area contributed by atoms with Gasteiger partial charge in [-0.1, -0.05) is 0 Å². The number of halogens is 3. The molecule has 1 saturated carbocycles. The summed E-state index contributed by atoms with van der Waals surface area (Å²) in [5, 5.41) is 2.54. The van der Waals surface area contributed by atoms with Gasteiger partial charge in [0.15, 0.2) is 0 Å². The number of carbonyl (C=O) groups is 1. The molecule has 0 aromatic carbocycles. The molecule has 0 saturated heterocycles. The van der Waals surface area contributed by atoms with Crippen LogP contribution in [0.4, 0.5) is 13.2 Å². The van der Waals surface area contributed by atoms with Gasteiger partial charge in [-0.05, 0) is 44.4 Å². The normalized spacial score (nSPS) is 24.2. The first-order chi connectivity index (χ1) is 8.87. The Kier molecular flexibility index (Phi) is 6.62. The number of hydrogen-bond donors (Lipinski definition) is 2. The Bertz CT molecular complexity index is 274. The summed E-state index contributed by atoms with van der Waals surface area (Å²) in [5.41, 5.74) is 5.80. The van der Waals surface area contributed by atoms with Crippen LogP contribution in [0.1, 0.15) is 51.4 Å². The molecule has 1 rings (SSSR count). The van der Waals surface area contributed by atoms with E-state index in [1.807, 2.05) is 0 Å². The van der Waals surface area contributed by atoms with Gasteiger partial charge in [-0.25, -0.2) is 0 Å². The number of hydrogen-bond acceptors (Lipinski definition) is 2. The fraction of sp³-hybridized carbons (Fsp3) is 0.923. The molecule has 3 N–H and O–H groups in total. The lowest BCUT2D eigenvalue weighted by Crippen LogP contribution is -2.28. The molecule has 1 amide bonds. The van der Waals surface area contributed by atoms with Gasteiger partial charge < -0.3 is 11.1 Å². The summed E-state index contributed by atoms with van der Waals surface area (Å²) < 4.78 is 35.6.